The zero-order valence-electron chi connectivity index (χ0n) is 8.76. The van der Waals surface area contributed by atoms with Gasteiger partial charge in [0.25, 0.3) is 0 Å². The monoisotopic (exact) mass is 211 g/mol. The van der Waals surface area contributed by atoms with Crippen LogP contribution in [0.25, 0.3) is 0 Å². The maximum atomic E-state index is 5.71. The Bertz CT molecular complexity index is 295. The van der Waals surface area contributed by atoms with Gasteiger partial charge in [0.05, 0.1) is 19.3 Å². The molecule has 0 radical (unpaired) electrons. The van der Waals surface area contributed by atoms with Crippen molar-refractivity contribution < 1.29 is 9.47 Å². The molecule has 0 spiro atoms. The summed E-state index contributed by atoms with van der Waals surface area (Å²) in [4.78, 5) is 0. The molecule has 1 fully saturated rings. The van der Waals surface area contributed by atoms with Crippen molar-refractivity contribution in [2.75, 3.05) is 25.6 Å². The minimum atomic E-state index is 0.353. The highest BCUT2D eigenvalue weighted by Crippen LogP contribution is 2.10. The normalized spacial score (nSPS) is 18.1. The number of nitrogens with two attached hydrogens (primary N) is 1. The van der Waals surface area contributed by atoms with Gasteiger partial charge in [-0.3, -0.25) is 4.68 Å². The van der Waals surface area contributed by atoms with E-state index in [-0.39, 0.29) is 0 Å². The van der Waals surface area contributed by atoms with Crippen molar-refractivity contribution >= 4 is 5.82 Å². The average molecular weight is 211 g/mol. The molecule has 0 bridgehead atoms. The van der Waals surface area contributed by atoms with E-state index in [0.717, 1.165) is 32.6 Å². The van der Waals surface area contributed by atoms with Crippen LogP contribution >= 0.6 is 0 Å². The Morgan fingerprint density at radius 3 is 3.00 bits per heavy atom. The fourth-order valence-electron chi connectivity index (χ4n) is 1.66. The lowest BCUT2D eigenvalue weighted by Gasteiger charge is -2.22. The van der Waals surface area contributed by atoms with Crippen molar-refractivity contribution in [2.24, 2.45) is 0 Å². The summed E-state index contributed by atoms with van der Waals surface area (Å²) in [6, 6.07) is 1.79. The molecule has 0 aromatic carbocycles. The van der Waals surface area contributed by atoms with Crippen molar-refractivity contribution in [1.82, 2.24) is 9.78 Å². The molecule has 1 aromatic rings. The highest BCUT2D eigenvalue weighted by atomic mass is 16.5. The van der Waals surface area contributed by atoms with Gasteiger partial charge in [0.15, 0.2) is 0 Å². The number of nitrogen functional groups attached to an aromatic ring is 1. The Labute approximate surface area is 89.2 Å². The molecule has 0 aliphatic carbocycles. The molecule has 2 heterocycles. The smallest absolute Gasteiger partial charge is 0.145 e. The molecule has 1 aliphatic heterocycles. The molecule has 2 rings (SSSR count). The molecule has 1 saturated heterocycles. The van der Waals surface area contributed by atoms with E-state index in [9.17, 15) is 0 Å². The van der Waals surface area contributed by atoms with Crippen LogP contribution in [-0.4, -0.2) is 35.7 Å². The lowest BCUT2D eigenvalue weighted by molar-refractivity contribution is -0.0344. The number of anilines is 1. The Balaban J connectivity index is 1.65. The number of hydrogen-bond donors (Lipinski definition) is 1. The Hall–Kier alpha value is -1.07. The maximum Gasteiger partial charge on any atom is 0.145 e. The van der Waals surface area contributed by atoms with Gasteiger partial charge in [-0.1, -0.05) is 0 Å². The van der Waals surface area contributed by atoms with Gasteiger partial charge in [0.1, 0.15) is 5.82 Å². The molecule has 0 unspecified atom stereocenters. The van der Waals surface area contributed by atoms with E-state index < -0.39 is 0 Å². The average Bonchev–Trinajstić information content (AvgIpc) is 2.66. The number of hydrogen-bond acceptors (Lipinski definition) is 4. The summed E-state index contributed by atoms with van der Waals surface area (Å²) < 4.78 is 12.8. The van der Waals surface area contributed by atoms with Crippen molar-refractivity contribution in [1.29, 1.82) is 0 Å². The lowest BCUT2D eigenvalue weighted by Crippen LogP contribution is -2.24. The van der Waals surface area contributed by atoms with Gasteiger partial charge in [-0.25, -0.2) is 0 Å². The minimum Gasteiger partial charge on any atom is -0.382 e. The molecule has 2 N–H and O–H groups in total. The van der Waals surface area contributed by atoms with Crippen LogP contribution < -0.4 is 5.73 Å². The van der Waals surface area contributed by atoms with Gasteiger partial charge in [-0.2, -0.15) is 5.10 Å². The number of nitrogens with zero attached hydrogens (tertiary/aromatic N) is 2. The predicted molar refractivity (Wildman–Crippen MR) is 56.4 cm³/mol. The summed E-state index contributed by atoms with van der Waals surface area (Å²) in [5.74, 6) is 0.557. The zero-order valence-corrected chi connectivity index (χ0v) is 8.76. The Morgan fingerprint density at radius 1 is 1.53 bits per heavy atom. The molecule has 0 amide bonds. The molecule has 0 atom stereocenters. The summed E-state index contributed by atoms with van der Waals surface area (Å²) in [7, 11) is 0. The molecular weight excluding hydrogens is 194 g/mol. The van der Waals surface area contributed by atoms with E-state index in [0.29, 0.717) is 18.5 Å². The molecule has 1 aliphatic rings. The van der Waals surface area contributed by atoms with Crippen molar-refractivity contribution in [3.8, 4) is 0 Å². The van der Waals surface area contributed by atoms with Crippen LogP contribution in [0.1, 0.15) is 12.8 Å². The number of ether oxygens (including phenoxy) is 2. The highest BCUT2D eigenvalue weighted by molar-refractivity contribution is 5.23. The third-order valence-corrected chi connectivity index (χ3v) is 2.50. The molecular formula is C10H17N3O2. The lowest BCUT2D eigenvalue weighted by atomic mass is 10.2. The molecule has 1 aromatic heterocycles. The summed E-state index contributed by atoms with van der Waals surface area (Å²) >= 11 is 0. The van der Waals surface area contributed by atoms with E-state index in [1.807, 2.05) is 6.20 Å². The van der Waals surface area contributed by atoms with Crippen molar-refractivity contribution in [3.05, 3.63) is 12.3 Å². The SMILES string of the molecule is Nc1ccn(CCOC2CCOCC2)n1. The third kappa shape index (κ3) is 3.21. The van der Waals surface area contributed by atoms with Crippen LogP contribution in [0, 0.1) is 0 Å². The van der Waals surface area contributed by atoms with Crippen molar-refractivity contribution in [2.45, 2.75) is 25.5 Å². The molecule has 5 nitrogen and oxygen atoms in total. The first-order valence-corrected chi connectivity index (χ1v) is 5.33. The first-order chi connectivity index (χ1) is 7.34. The van der Waals surface area contributed by atoms with Gasteiger partial charge >= 0.3 is 0 Å². The second-order valence-corrected chi connectivity index (χ2v) is 3.69. The van der Waals surface area contributed by atoms with Crippen LogP contribution in [0.4, 0.5) is 5.82 Å². The van der Waals surface area contributed by atoms with Gasteiger partial charge in [-0.05, 0) is 18.9 Å². The predicted octanol–water partition coefficient (Wildman–Crippen LogP) is 0.661. The van der Waals surface area contributed by atoms with Crippen LogP contribution in [0.3, 0.4) is 0 Å². The molecule has 0 saturated carbocycles. The number of rotatable bonds is 4. The second kappa shape index (κ2) is 5.14. The fraction of sp³-hybridized carbons (Fsp3) is 0.700. The minimum absolute atomic E-state index is 0.353. The van der Waals surface area contributed by atoms with Gasteiger partial charge < -0.3 is 15.2 Å². The fourth-order valence-corrected chi connectivity index (χ4v) is 1.66. The zero-order chi connectivity index (χ0) is 10.5. The van der Waals surface area contributed by atoms with E-state index in [1.54, 1.807) is 10.7 Å². The Kier molecular flexibility index (Phi) is 3.58. The summed E-state index contributed by atoms with van der Waals surface area (Å²) in [6.07, 6.45) is 4.22. The topological polar surface area (TPSA) is 62.3 Å². The molecule has 15 heavy (non-hydrogen) atoms. The largest absolute Gasteiger partial charge is 0.382 e. The highest BCUT2D eigenvalue weighted by Gasteiger charge is 2.13. The van der Waals surface area contributed by atoms with Gasteiger partial charge in [0.2, 0.25) is 0 Å². The van der Waals surface area contributed by atoms with E-state index >= 15 is 0 Å². The first-order valence-electron chi connectivity index (χ1n) is 5.33. The summed E-state index contributed by atoms with van der Waals surface area (Å²) in [5.41, 5.74) is 5.50. The van der Waals surface area contributed by atoms with E-state index in [1.165, 1.54) is 0 Å². The Morgan fingerprint density at radius 2 is 2.33 bits per heavy atom. The maximum absolute atomic E-state index is 5.71. The summed E-state index contributed by atoms with van der Waals surface area (Å²) in [6.45, 7) is 3.08. The molecule has 84 valence electrons. The van der Waals surface area contributed by atoms with Crippen LogP contribution in [0.15, 0.2) is 12.3 Å². The standard InChI is InChI=1S/C10H17N3O2/c11-10-1-4-13(12-10)5-8-15-9-2-6-14-7-3-9/h1,4,9H,2-3,5-8H2,(H2,11,12). The quantitative estimate of drug-likeness (QED) is 0.794. The van der Waals surface area contributed by atoms with Gasteiger partial charge in [0, 0.05) is 19.4 Å². The molecule has 5 heteroatoms. The number of aromatic nitrogens is 2. The van der Waals surface area contributed by atoms with Crippen LogP contribution in [0.2, 0.25) is 0 Å². The third-order valence-electron chi connectivity index (χ3n) is 2.50. The van der Waals surface area contributed by atoms with E-state index in [4.69, 9.17) is 15.2 Å². The van der Waals surface area contributed by atoms with Gasteiger partial charge in [-0.15, -0.1) is 0 Å². The van der Waals surface area contributed by atoms with E-state index in [2.05, 4.69) is 5.10 Å². The summed E-state index contributed by atoms with van der Waals surface area (Å²) in [5, 5.41) is 4.08. The van der Waals surface area contributed by atoms with Crippen LogP contribution in [-0.2, 0) is 16.0 Å². The van der Waals surface area contributed by atoms with Crippen molar-refractivity contribution in [3.63, 3.8) is 0 Å². The van der Waals surface area contributed by atoms with Crippen LogP contribution in [0.5, 0.6) is 0 Å². The second-order valence-electron chi connectivity index (χ2n) is 3.69. The first kappa shape index (κ1) is 10.4.